The molecule has 0 aliphatic rings. The van der Waals surface area contributed by atoms with E-state index >= 15 is 0 Å². The molecule has 1 rings (SSSR count). The molecule has 0 saturated heterocycles. The second-order valence-electron chi connectivity index (χ2n) is 3.55. The van der Waals surface area contributed by atoms with E-state index in [1.165, 1.54) is 5.56 Å². The van der Waals surface area contributed by atoms with Crippen LogP contribution in [-0.4, -0.2) is 15.4 Å². The van der Waals surface area contributed by atoms with Crippen molar-refractivity contribution in [1.82, 2.24) is 4.98 Å². The van der Waals surface area contributed by atoms with E-state index in [9.17, 15) is 4.21 Å². The van der Waals surface area contributed by atoms with Crippen LogP contribution in [-0.2, 0) is 17.2 Å². The number of pyridine rings is 1. The highest BCUT2D eigenvalue weighted by Crippen LogP contribution is 2.10. The lowest BCUT2D eigenvalue weighted by Crippen LogP contribution is -1.98. The van der Waals surface area contributed by atoms with Crippen LogP contribution in [0.15, 0.2) is 23.4 Å². The average Bonchev–Trinajstić information content (AvgIpc) is 2.03. The zero-order valence-electron chi connectivity index (χ0n) is 8.28. The van der Waals surface area contributed by atoms with Gasteiger partial charge >= 0.3 is 0 Å². The summed E-state index contributed by atoms with van der Waals surface area (Å²) >= 11 is 0. The molecule has 0 radical (unpaired) electrons. The van der Waals surface area contributed by atoms with Gasteiger partial charge in [-0.05, 0) is 30.0 Å². The Morgan fingerprint density at radius 2 is 2.23 bits per heavy atom. The molecule has 0 aliphatic carbocycles. The van der Waals surface area contributed by atoms with Crippen molar-refractivity contribution >= 4 is 10.8 Å². The molecule has 13 heavy (non-hydrogen) atoms. The number of nitrogens with zero attached hydrogens (tertiary/aromatic N) is 1. The zero-order valence-corrected chi connectivity index (χ0v) is 9.10. The third-order valence-corrected chi connectivity index (χ3v) is 2.55. The summed E-state index contributed by atoms with van der Waals surface area (Å²) in [5.74, 6) is 0.626. The third kappa shape index (κ3) is 3.27. The van der Waals surface area contributed by atoms with Crippen molar-refractivity contribution in [2.24, 2.45) is 5.92 Å². The first-order valence-corrected chi connectivity index (χ1v) is 5.93. The Bertz CT molecular complexity index is 310. The average molecular weight is 197 g/mol. The third-order valence-electron chi connectivity index (χ3n) is 1.74. The predicted molar refractivity (Wildman–Crippen MR) is 55.1 cm³/mol. The molecule has 0 aliphatic heterocycles. The highest BCUT2D eigenvalue weighted by Gasteiger charge is 2.02. The highest BCUT2D eigenvalue weighted by molar-refractivity contribution is 7.84. The van der Waals surface area contributed by atoms with Crippen molar-refractivity contribution in [3.05, 3.63) is 23.9 Å². The molecule has 1 heterocycles. The van der Waals surface area contributed by atoms with Gasteiger partial charge in [-0.3, -0.25) is 4.21 Å². The molecule has 3 heteroatoms. The van der Waals surface area contributed by atoms with Gasteiger partial charge in [-0.1, -0.05) is 13.8 Å². The summed E-state index contributed by atoms with van der Waals surface area (Å²) in [5.41, 5.74) is 1.22. The maximum absolute atomic E-state index is 11.1. The van der Waals surface area contributed by atoms with Crippen LogP contribution in [0.25, 0.3) is 0 Å². The van der Waals surface area contributed by atoms with E-state index in [4.69, 9.17) is 0 Å². The largest absolute Gasteiger partial charge is 0.253 e. The first-order valence-electron chi connectivity index (χ1n) is 4.38. The lowest BCUT2D eigenvalue weighted by molar-refractivity contribution is 0.644. The molecule has 0 fully saturated rings. The second kappa shape index (κ2) is 4.51. The van der Waals surface area contributed by atoms with Gasteiger partial charge in [-0.25, -0.2) is 4.98 Å². The number of hydrogen-bond donors (Lipinski definition) is 0. The Morgan fingerprint density at radius 3 is 2.77 bits per heavy atom. The summed E-state index contributed by atoms with van der Waals surface area (Å²) in [4.78, 5) is 4.05. The van der Waals surface area contributed by atoms with Gasteiger partial charge < -0.3 is 0 Å². The van der Waals surface area contributed by atoms with Crippen molar-refractivity contribution in [3.63, 3.8) is 0 Å². The van der Waals surface area contributed by atoms with Gasteiger partial charge in [-0.15, -0.1) is 0 Å². The van der Waals surface area contributed by atoms with Crippen LogP contribution in [0.1, 0.15) is 19.4 Å². The van der Waals surface area contributed by atoms with E-state index in [1.807, 2.05) is 12.1 Å². The van der Waals surface area contributed by atoms with E-state index < -0.39 is 10.8 Å². The molecule has 0 bridgehead atoms. The molecule has 0 aromatic carbocycles. The lowest BCUT2D eigenvalue weighted by Gasteiger charge is -2.05. The minimum Gasteiger partial charge on any atom is -0.253 e. The smallest absolute Gasteiger partial charge is 0.127 e. The first kappa shape index (κ1) is 10.4. The molecule has 0 amide bonds. The summed E-state index contributed by atoms with van der Waals surface area (Å²) in [5, 5.41) is 0.679. The van der Waals surface area contributed by atoms with E-state index in [2.05, 4.69) is 18.8 Å². The summed E-state index contributed by atoms with van der Waals surface area (Å²) in [7, 11) is -0.965. The number of aromatic nitrogens is 1. The Balaban J connectivity index is 2.85. The summed E-state index contributed by atoms with van der Waals surface area (Å²) in [6, 6.07) is 3.91. The van der Waals surface area contributed by atoms with Crippen molar-refractivity contribution in [3.8, 4) is 0 Å². The quantitative estimate of drug-likeness (QED) is 0.742. The standard InChI is InChI=1S/C10H15NOS/c1-8(2)6-9-4-5-11-10(7-9)13(3)12/h4-5,7-8H,6H2,1-3H3. The van der Waals surface area contributed by atoms with Crippen molar-refractivity contribution in [1.29, 1.82) is 0 Å². The van der Waals surface area contributed by atoms with E-state index in [0.717, 1.165) is 6.42 Å². The van der Waals surface area contributed by atoms with Crippen LogP contribution >= 0.6 is 0 Å². The van der Waals surface area contributed by atoms with Gasteiger partial charge in [-0.2, -0.15) is 0 Å². The summed E-state index contributed by atoms with van der Waals surface area (Å²) in [6.07, 6.45) is 4.41. The van der Waals surface area contributed by atoms with Crippen LogP contribution in [0.5, 0.6) is 0 Å². The fourth-order valence-corrected chi connectivity index (χ4v) is 1.73. The number of rotatable bonds is 3. The molecule has 0 spiro atoms. The molecule has 72 valence electrons. The summed E-state index contributed by atoms with van der Waals surface area (Å²) in [6.45, 7) is 4.34. The van der Waals surface area contributed by atoms with Crippen LogP contribution in [0.3, 0.4) is 0 Å². The molecule has 1 unspecified atom stereocenters. The zero-order chi connectivity index (χ0) is 9.84. The Hall–Kier alpha value is -0.700. The maximum atomic E-state index is 11.1. The minimum atomic E-state index is -0.965. The molecular formula is C10H15NOS. The Kier molecular flexibility index (Phi) is 3.60. The Morgan fingerprint density at radius 1 is 1.54 bits per heavy atom. The van der Waals surface area contributed by atoms with Crippen LogP contribution in [0.4, 0.5) is 0 Å². The fraction of sp³-hybridized carbons (Fsp3) is 0.500. The summed E-state index contributed by atoms with van der Waals surface area (Å²) < 4.78 is 11.1. The molecule has 0 N–H and O–H groups in total. The number of hydrogen-bond acceptors (Lipinski definition) is 2. The van der Waals surface area contributed by atoms with Crippen LogP contribution in [0, 0.1) is 5.92 Å². The van der Waals surface area contributed by atoms with E-state index in [-0.39, 0.29) is 0 Å². The van der Waals surface area contributed by atoms with Gasteiger partial charge in [0.15, 0.2) is 0 Å². The monoisotopic (exact) mass is 197 g/mol. The van der Waals surface area contributed by atoms with Crippen molar-refractivity contribution in [2.45, 2.75) is 25.3 Å². The van der Waals surface area contributed by atoms with Crippen LogP contribution in [0.2, 0.25) is 0 Å². The molecule has 2 nitrogen and oxygen atoms in total. The molecule has 1 atom stereocenters. The van der Waals surface area contributed by atoms with Gasteiger partial charge in [0.2, 0.25) is 0 Å². The Labute approximate surface area is 81.9 Å². The van der Waals surface area contributed by atoms with Gasteiger partial charge in [0.25, 0.3) is 0 Å². The van der Waals surface area contributed by atoms with Gasteiger partial charge in [0, 0.05) is 12.5 Å². The second-order valence-corrected chi connectivity index (χ2v) is 4.88. The molecule has 1 aromatic rings. The fourth-order valence-electron chi connectivity index (χ4n) is 1.21. The van der Waals surface area contributed by atoms with Gasteiger partial charge in [0.1, 0.15) is 5.03 Å². The normalized spacial score (nSPS) is 13.2. The van der Waals surface area contributed by atoms with Crippen molar-refractivity contribution in [2.75, 3.05) is 6.26 Å². The van der Waals surface area contributed by atoms with E-state index in [1.54, 1.807) is 12.5 Å². The molecule has 0 saturated carbocycles. The SMILES string of the molecule is CC(C)Cc1ccnc(S(C)=O)c1. The maximum Gasteiger partial charge on any atom is 0.127 e. The lowest BCUT2D eigenvalue weighted by atomic mass is 10.0. The molecular weight excluding hydrogens is 182 g/mol. The van der Waals surface area contributed by atoms with Crippen LogP contribution < -0.4 is 0 Å². The van der Waals surface area contributed by atoms with Gasteiger partial charge in [0.05, 0.1) is 10.8 Å². The predicted octanol–water partition coefficient (Wildman–Crippen LogP) is 2.02. The minimum absolute atomic E-state index is 0.626. The van der Waals surface area contributed by atoms with E-state index in [0.29, 0.717) is 10.9 Å². The highest BCUT2D eigenvalue weighted by atomic mass is 32.2. The topological polar surface area (TPSA) is 30.0 Å². The van der Waals surface area contributed by atoms with Crippen molar-refractivity contribution < 1.29 is 4.21 Å². The molecule has 1 aromatic heterocycles. The first-order chi connectivity index (χ1) is 6.09.